The lowest BCUT2D eigenvalue weighted by atomic mass is 10.1. The van der Waals surface area contributed by atoms with E-state index in [1.165, 1.54) is 12.1 Å². The van der Waals surface area contributed by atoms with Crippen LogP contribution in [0.2, 0.25) is 0 Å². The molecule has 0 atom stereocenters. The number of aldehydes is 1. The molecular weight excluding hydrogens is 310 g/mol. The molecule has 0 heterocycles. The molecule has 0 aromatic heterocycles. The van der Waals surface area contributed by atoms with Gasteiger partial charge in [0.25, 0.3) is 5.69 Å². The summed E-state index contributed by atoms with van der Waals surface area (Å²) in [4.78, 5) is 21.6. The van der Waals surface area contributed by atoms with Gasteiger partial charge in [0.2, 0.25) is 0 Å². The molecule has 0 N–H and O–H groups in total. The molecular formula is C18H19NO5. The standard InChI is InChI=1S/C18H19NO5/c1-2-3-9-23-17-10-15(12-20)16(19(21)22)11-18(17)24-13-14-7-5-4-6-8-14/h4-8,10-12H,2-3,9,13H2,1H3. The van der Waals surface area contributed by atoms with Crippen LogP contribution >= 0.6 is 0 Å². The maximum atomic E-state index is 11.1. The Hall–Kier alpha value is -2.89. The van der Waals surface area contributed by atoms with Gasteiger partial charge in [-0.05, 0) is 12.0 Å². The van der Waals surface area contributed by atoms with Crippen molar-refractivity contribution in [1.29, 1.82) is 0 Å². The molecule has 0 aliphatic rings. The maximum absolute atomic E-state index is 11.1. The monoisotopic (exact) mass is 329 g/mol. The number of unbranched alkanes of at least 4 members (excludes halogenated alkanes) is 1. The van der Waals surface area contributed by atoms with Gasteiger partial charge in [0.05, 0.1) is 23.2 Å². The summed E-state index contributed by atoms with van der Waals surface area (Å²) in [6, 6.07) is 12.1. The number of nitro groups is 1. The van der Waals surface area contributed by atoms with E-state index >= 15 is 0 Å². The van der Waals surface area contributed by atoms with Crippen molar-refractivity contribution in [3.63, 3.8) is 0 Å². The molecule has 2 aromatic carbocycles. The highest BCUT2D eigenvalue weighted by Crippen LogP contribution is 2.35. The van der Waals surface area contributed by atoms with Crippen molar-refractivity contribution in [2.45, 2.75) is 26.4 Å². The predicted octanol–water partition coefficient (Wildman–Crippen LogP) is 4.17. The van der Waals surface area contributed by atoms with Crippen LogP contribution in [0.4, 0.5) is 5.69 Å². The van der Waals surface area contributed by atoms with Gasteiger partial charge in [0, 0.05) is 6.07 Å². The molecule has 0 aliphatic heterocycles. The van der Waals surface area contributed by atoms with E-state index in [2.05, 4.69) is 0 Å². The highest BCUT2D eigenvalue weighted by Gasteiger charge is 2.20. The highest BCUT2D eigenvalue weighted by atomic mass is 16.6. The van der Waals surface area contributed by atoms with Crippen molar-refractivity contribution in [1.82, 2.24) is 0 Å². The molecule has 0 saturated carbocycles. The Balaban J connectivity index is 2.28. The summed E-state index contributed by atoms with van der Waals surface area (Å²) in [5, 5.41) is 11.1. The summed E-state index contributed by atoms with van der Waals surface area (Å²) in [5.74, 6) is 0.597. The summed E-state index contributed by atoms with van der Waals surface area (Å²) in [7, 11) is 0. The quantitative estimate of drug-likeness (QED) is 0.299. The molecule has 0 radical (unpaired) electrons. The Morgan fingerprint density at radius 1 is 1.12 bits per heavy atom. The van der Waals surface area contributed by atoms with E-state index < -0.39 is 4.92 Å². The molecule has 6 heteroatoms. The van der Waals surface area contributed by atoms with Crippen molar-refractivity contribution in [2.24, 2.45) is 0 Å². The Morgan fingerprint density at radius 2 is 1.83 bits per heavy atom. The zero-order chi connectivity index (χ0) is 17.4. The van der Waals surface area contributed by atoms with Crippen LogP contribution in [0.1, 0.15) is 35.7 Å². The lowest BCUT2D eigenvalue weighted by Crippen LogP contribution is -2.04. The second kappa shape index (κ2) is 8.67. The van der Waals surface area contributed by atoms with Gasteiger partial charge >= 0.3 is 0 Å². The number of nitro benzene ring substituents is 1. The van der Waals surface area contributed by atoms with Gasteiger partial charge in [-0.15, -0.1) is 0 Å². The lowest BCUT2D eigenvalue weighted by molar-refractivity contribution is -0.385. The summed E-state index contributed by atoms with van der Waals surface area (Å²) >= 11 is 0. The van der Waals surface area contributed by atoms with Crippen molar-refractivity contribution in [2.75, 3.05) is 6.61 Å². The molecule has 0 fully saturated rings. The van der Waals surface area contributed by atoms with Crippen LogP contribution in [0.15, 0.2) is 42.5 Å². The van der Waals surface area contributed by atoms with E-state index in [0.717, 1.165) is 18.4 Å². The number of nitrogens with zero attached hydrogens (tertiary/aromatic N) is 1. The Morgan fingerprint density at radius 3 is 2.46 bits per heavy atom. The first-order valence-corrected chi connectivity index (χ1v) is 7.72. The summed E-state index contributed by atoms with van der Waals surface area (Å²) in [5.41, 5.74) is 0.605. The van der Waals surface area contributed by atoms with Crippen molar-refractivity contribution >= 4 is 12.0 Å². The van der Waals surface area contributed by atoms with Crippen LogP contribution in [0.5, 0.6) is 11.5 Å². The third-order valence-corrected chi connectivity index (χ3v) is 3.41. The molecule has 2 aromatic rings. The fourth-order valence-electron chi connectivity index (χ4n) is 2.10. The number of rotatable bonds is 9. The molecule has 0 unspecified atom stereocenters. The highest BCUT2D eigenvalue weighted by molar-refractivity contribution is 5.83. The van der Waals surface area contributed by atoms with Crippen LogP contribution < -0.4 is 9.47 Å². The van der Waals surface area contributed by atoms with Crippen LogP contribution in [0.3, 0.4) is 0 Å². The number of hydrogen-bond acceptors (Lipinski definition) is 5. The van der Waals surface area contributed by atoms with Crippen LogP contribution in [0, 0.1) is 10.1 Å². The van der Waals surface area contributed by atoms with Crippen LogP contribution in [-0.4, -0.2) is 17.8 Å². The average molecular weight is 329 g/mol. The Labute approximate surface area is 140 Å². The molecule has 24 heavy (non-hydrogen) atoms. The number of benzene rings is 2. The number of ether oxygens (including phenoxy) is 2. The van der Waals surface area contributed by atoms with Gasteiger partial charge in [-0.2, -0.15) is 0 Å². The Bertz CT molecular complexity index is 700. The topological polar surface area (TPSA) is 78.7 Å². The predicted molar refractivity (Wildman–Crippen MR) is 89.7 cm³/mol. The third kappa shape index (κ3) is 4.55. The number of carbonyl (C=O) groups is 1. The summed E-state index contributed by atoms with van der Waals surface area (Å²) in [6.07, 6.45) is 2.24. The summed E-state index contributed by atoms with van der Waals surface area (Å²) < 4.78 is 11.3. The first-order chi connectivity index (χ1) is 11.7. The molecule has 0 bridgehead atoms. The van der Waals surface area contributed by atoms with E-state index in [-0.39, 0.29) is 23.6 Å². The fourth-order valence-corrected chi connectivity index (χ4v) is 2.10. The Kier molecular flexibility index (Phi) is 6.31. The van der Waals surface area contributed by atoms with E-state index in [1.807, 2.05) is 37.3 Å². The first-order valence-electron chi connectivity index (χ1n) is 7.72. The van der Waals surface area contributed by atoms with E-state index in [9.17, 15) is 14.9 Å². The van der Waals surface area contributed by atoms with Crippen molar-refractivity contribution in [3.05, 3.63) is 63.7 Å². The summed E-state index contributed by atoms with van der Waals surface area (Å²) in [6.45, 7) is 2.74. The first kappa shape index (κ1) is 17.5. The molecule has 126 valence electrons. The van der Waals surface area contributed by atoms with Gasteiger partial charge in [-0.1, -0.05) is 43.7 Å². The number of carbonyl (C=O) groups excluding carboxylic acids is 1. The van der Waals surface area contributed by atoms with E-state index in [1.54, 1.807) is 0 Å². The second-order valence-corrected chi connectivity index (χ2v) is 5.21. The smallest absolute Gasteiger partial charge is 0.283 e. The third-order valence-electron chi connectivity index (χ3n) is 3.41. The normalized spacial score (nSPS) is 10.2. The van der Waals surface area contributed by atoms with Gasteiger partial charge in [-0.3, -0.25) is 14.9 Å². The second-order valence-electron chi connectivity index (χ2n) is 5.21. The van der Waals surface area contributed by atoms with Crippen LogP contribution in [0.25, 0.3) is 0 Å². The van der Waals surface area contributed by atoms with Crippen molar-refractivity contribution in [3.8, 4) is 11.5 Å². The van der Waals surface area contributed by atoms with Crippen molar-refractivity contribution < 1.29 is 19.2 Å². The fraction of sp³-hybridized carbons (Fsp3) is 0.278. The maximum Gasteiger partial charge on any atom is 0.283 e. The van der Waals surface area contributed by atoms with Gasteiger partial charge in [0.15, 0.2) is 17.8 Å². The molecule has 0 saturated heterocycles. The van der Waals surface area contributed by atoms with E-state index in [0.29, 0.717) is 18.6 Å². The van der Waals surface area contributed by atoms with Gasteiger partial charge < -0.3 is 9.47 Å². The molecule has 0 aliphatic carbocycles. The van der Waals surface area contributed by atoms with Gasteiger partial charge in [0.1, 0.15) is 6.61 Å². The lowest BCUT2D eigenvalue weighted by Gasteiger charge is -2.13. The molecule has 0 spiro atoms. The minimum Gasteiger partial charge on any atom is -0.490 e. The molecule has 6 nitrogen and oxygen atoms in total. The minimum absolute atomic E-state index is 0.0291. The zero-order valence-corrected chi connectivity index (χ0v) is 13.4. The van der Waals surface area contributed by atoms with E-state index in [4.69, 9.17) is 9.47 Å². The average Bonchev–Trinajstić information content (AvgIpc) is 2.61. The zero-order valence-electron chi connectivity index (χ0n) is 13.4. The molecule has 2 rings (SSSR count). The minimum atomic E-state index is -0.602. The number of hydrogen-bond donors (Lipinski definition) is 0. The largest absolute Gasteiger partial charge is 0.490 e. The van der Waals surface area contributed by atoms with Gasteiger partial charge in [-0.25, -0.2) is 0 Å². The molecule has 0 amide bonds. The SMILES string of the molecule is CCCCOc1cc(C=O)c([N+](=O)[O-])cc1OCc1ccccc1. The van der Waals surface area contributed by atoms with Crippen LogP contribution in [-0.2, 0) is 6.61 Å².